The number of ether oxygens (including phenoxy) is 1. The Bertz CT molecular complexity index is 1020. The second-order valence-corrected chi connectivity index (χ2v) is 9.78. The monoisotopic (exact) mass is 424 g/mol. The normalized spacial score (nSPS) is 16.0. The van der Waals surface area contributed by atoms with E-state index in [4.69, 9.17) is 4.74 Å². The van der Waals surface area contributed by atoms with Crippen LogP contribution in [0.5, 0.6) is 0 Å². The Labute approximate surface area is 169 Å². The van der Waals surface area contributed by atoms with Crippen molar-refractivity contribution in [3.8, 4) is 0 Å². The third-order valence-electron chi connectivity index (χ3n) is 4.49. The zero-order chi connectivity index (χ0) is 21.4. The molecule has 1 amide bonds. The van der Waals surface area contributed by atoms with Crippen LogP contribution in [-0.2, 0) is 20.3 Å². The Hall–Kier alpha value is -2.30. The molecule has 0 radical (unpaired) electrons. The van der Waals surface area contributed by atoms with Gasteiger partial charge in [-0.25, -0.2) is 17.5 Å². The number of morpholine rings is 1. The van der Waals surface area contributed by atoms with Crippen molar-refractivity contribution in [1.82, 2.24) is 14.1 Å². The Balaban J connectivity index is 1.91. The van der Waals surface area contributed by atoms with Crippen LogP contribution in [0, 0.1) is 12.7 Å². The van der Waals surface area contributed by atoms with E-state index in [0.29, 0.717) is 5.82 Å². The van der Waals surface area contributed by atoms with Crippen molar-refractivity contribution in [3.63, 3.8) is 0 Å². The fourth-order valence-electron chi connectivity index (χ4n) is 3.06. The van der Waals surface area contributed by atoms with Crippen LogP contribution < -0.4 is 5.32 Å². The van der Waals surface area contributed by atoms with Crippen molar-refractivity contribution >= 4 is 21.7 Å². The van der Waals surface area contributed by atoms with Crippen molar-refractivity contribution in [2.75, 3.05) is 31.6 Å². The highest BCUT2D eigenvalue weighted by Crippen LogP contribution is 2.24. The van der Waals surface area contributed by atoms with Gasteiger partial charge in [-0.3, -0.25) is 4.79 Å². The molecule has 0 saturated carbocycles. The van der Waals surface area contributed by atoms with Gasteiger partial charge in [0.25, 0.3) is 5.91 Å². The molecular weight excluding hydrogens is 399 g/mol. The van der Waals surface area contributed by atoms with Gasteiger partial charge in [-0.1, -0.05) is 0 Å². The summed E-state index contributed by atoms with van der Waals surface area (Å²) < 4.78 is 48.0. The van der Waals surface area contributed by atoms with Crippen LogP contribution in [0.25, 0.3) is 0 Å². The molecule has 0 atom stereocenters. The van der Waals surface area contributed by atoms with Crippen LogP contribution in [0.2, 0.25) is 0 Å². The summed E-state index contributed by atoms with van der Waals surface area (Å²) in [6.45, 7) is 8.42. The fraction of sp³-hybridized carbons (Fsp3) is 0.474. The summed E-state index contributed by atoms with van der Waals surface area (Å²) in [5, 5.41) is 7.13. The number of hydrogen-bond donors (Lipinski definition) is 1. The van der Waals surface area contributed by atoms with E-state index >= 15 is 0 Å². The van der Waals surface area contributed by atoms with E-state index in [9.17, 15) is 17.6 Å². The third kappa shape index (κ3) is 4.49. The van der Waals surface area contributed by atoms with Crippen LogP contribution >= 0.6 is 0 Å². The van der Waals surface area contributed by atoms with Crippen molar-refractivity contribution in [2.24, 2.45) is 0 Å². The number of amides is 1. The molecule has 1 aliphatic rings. The van der Waals surface area contributed by atoms with Gasteiger partial charge < -0.3 is 10.1 Å². The molecule has 0 bridgehead atoms. The molecule has 2 aromatic rings. The predicted octanol–water partition coefficient (Wildman–Crippen LogP) is 2.36. The summed E-state index contributed by atoms with van der Waals surface area (Å²) in [7, 11) is -4.07. The third-order valence-corrected chi connectivity index (χ3v) is 6.40. The van der Waals surface area contributed by atoms with E-state index in [2.05, 4.69) is 10.4 Å². The summed E-state index contributed by atoms with van der Waals surface area (Å²) in [5.74, 6) is -0.973. The molecule has 1 aromatic heterocycles. The molecule has 0 spiro atoms. The number of carbonyl (C=O) groups excluding carboxylic acids is 1. The zero-order valence-electron chi connectivity index (χ0n) is 16.9. The van der Waals surface area contributed by atoms with Crippen LogP contribution in [0.1, 0.15) is 36.8 Å². The maximum Gasteiger partial charge on any atom is 0.256 e. The molecule has 1 aliphatic heterocycles. The van der Waals surface area contributed by atoms with Crippen molar-refractivity contribution in [3.05, 3.63) is 41.3 Å². The van der Waals surface area contributed by atoms with E-state index < -0.39 is 26.6 Å². The first-order valence-corrected chi connectivity index (χ1v) is 10.7. The predicted molar refractivity (Wildman–Crippen MR) is 106 cm³/mol. The second kappa shape index (κ2) is 7.85. The molecule has 3 rings (SSSR count). The number of sulfonamides is 1. The maximum atomic E-state index is 14.4. The lowest BCUT2D eigenvalue weighted by Gasteiger charge is -2.26. The van der Waals surface area contributed by atoms with E-state index in [1.165, 1.54) is 6.07 Å². The Morgan fingerprint density at radius 2 is 1.86 bits per heavy atom. The van der Waals surface area contributed by atoms with Crippen LogP contribution in [0.3, 0.4) is 0 Å². The van der Waals surface area contributed by atoms with E-state index in [1.807, 2.05) is 27.7 Å². The van der Waals surface area contributed by atoms with Crippen molar-refractivity contribution in [2.45, 2.75) is 38.1 Å². The van der Waals surface area contributed by atoms with Crippen LogP contribution in [0.4, 0.5) is 10.2 Å². The van der Waals surface area contributed by atoms with Gasteiger partial charge in [-0.05, 0) is 45.9 Å². The van der Waals surface area contributed by atoms with Gasteiger partial charge in [0, 0.05) is 24.7 Å². The van der Waals surface area contributed by atoms with Gasteiger partial charge in [-0.2, -0.15) is 9.40 Å². The molecule has 0 aliphatic carbocycles. The first kappa shape index (κ1) is 21.4. The molecule has 2 heterocycles. The Morgan fingerprint density at radius 1 is 1.21 bits per heavy atom. The van der Waals surface area contributed by atoms with Gasteiger partial charge >= 0.3 is 0 Å². The molecule has 1 fully saturated rings. The molecule has 0 unspecified atom stereocenters. The zero-order valence-corrected chi connectivity index (χ0v) is 17.7. The number of nitrogens with one attached hydrogen (secondary N) is 1. The molecule has 158 valence electrons. The Kier molecular flexibility index (Phi) is 5.79. The Morgan fingerprint density at radius 3 is 2.48 bits per heavy atom. The molecule has 1 saturated heterocycles. The number of aromatic nitrogens is 2. The molecule has 10 heteroatoms. The average molecular weight is 424 g/mol. The molecule has 1 aromatic carbocycles. The van der Waals surface area contributed by atoms with Gasteiger partial charge in [0.05, 0.1) is 24.4 Å². The first-order chi connectivity index (χ1) is 13.5. The van der Waals surface area contributed by atoms with E-state index in [-0.39, 0.29) is 37.4 Å². The van der Waals surface area contributed by atoms with E-state index in [1.54, 1.807) is 10.7 Å². The highest BCUT2D eigenvalue weighted by molar-refractivity contribution is 7.89. The number of anilines is 1. The van der Waals surface area contributed by atoms with Crippen molar-refractivity contribution < 1.29 is 22.3 Å². The molecule has 1 N–H and O–H groups in total. The van der Waals surface area contributed by atoms with Crippen molar-refractivity contribution in [1.29, 1.82) is 0 Å². The minimum atomic E-state index is -4.07. The smallest absolute Gasteiger partial charge is 0.256 e. The number of nitrogens with zero attached hydrogens (tertiary/aromatic N) is 3. The summed E-state index contributed by atoms with van der Waals surface area (Å²) >= 11 is 0. The number of rotatable bonds is 4. The average Bonchev–Trinajstić information content (AvgIpc) is 3.03. The molecule has 8 nitrogen and oxygen atoms in total. The van der Waals surface area contributed by atoms with Crippen LogP contribution in [0.15, 0.2) is 29.2 Å². The number of halogens is 1. The summed E-state index contributed by atoms with van der Waals surface area (Å²) in [6.07, 6.45) is 0. The summed E-state index contributed by atoms with van der Waals surface area (Å²) in [5.41, 5.74) is 0.396. The quantitative estimate of drug-likeness (QED) is 0.813. The van der Waals surface area contributed by atoms with Gasteiger partial charge in [0.2, 0.25) is 10.0 Å². The molecule has 29 heavy (non-hydrogen) atoms. The second-order valence-electron chi connectivity index (χ2n) is 7.87. The van der Waals surface area contributed by atoms with Gasteiger partial charge in [-0.15, -0.1) is 0 Å². The highest BCUT2D eigenvalue weighted by Gasteiger charge is 2.30. The topological polar surface area (TPSA) is 93.5 Å². The number of carbonyl (C=O) groups is 1. The first-order valence-electron chi connectivity index (χ1n) is 9.26. The fourth-order valence-corrected chi connectivity index (χ4v) is 4.55. The van der Waals surface area contributed by atoms with Gasteiger partial charge in [0.1, 0.15) is 16.5 Å². The largest absolute Gasteiger partial charge is 0.379 e. The summed E-state index contributed by atoms with van der Waals surface area (Å²) in [6, 6.07) is 5.04. The lowest BCUT2D eigenvalue weighted by molar-refractivity contribution is 0.0729. The maximum absolute atomic E-state index is 14.4. The SMILES string of the molecule is Cc1cc(NC(=O)c2ccc(F)c(S(=O)(=O)N3CCOCC3)c2)n(C(C)(C)C)n1. The minimum Gasteiger partial charge on any atom is -0.379 e. The lowest BCUT2D eigenvalue weighted by Crippen LogP contribution is -2.41. The number of benzene rings is 1. The number of aryl methyl sites for hydroxylation is 1. The lowest BCUT2D eigenvalue weighted by atomic mass is 10.1. The molecular formula is C19H25FN4O4S. The van der Waals surface area contributed by atoms with E-state index in [0.717, 1.165) is 22.1 Å². The van der Waals surface area contributed by atoms with Crippen LogP contribution in [-0.4, -0.2) is 54.7 Å². The summed E-state index contributed by atoms with van der Waals surface area (Å²) in [4.78, 5) is 12.2. The standard InChI is InChI=1S/C19H25FN4O4S/c1-13-11-17(24(22-13)19(2,3)4)21-18(25)14-5-6-15(20)16(12-14)29(26,27)23-7-9-28-10-8-23/h5-6,11-12H,7-10H2,1-4H3,(H,21,25). The minimum absolute atomic E-state index is 0.0394. The number of hydrogen-bond acceptors (Lipinski definition) is 5. The highest BCUT2D eigenvalue weighted by atomic mass is 32.2. The van der Waals surface area contributed by atoms with Gasteiger partial charge in [0.15, 0.2) is 0 Å².